The van der Waals surface area contributed by atoms with Gasteiger partial charge in [0, 0.05) is 23.2 Å². The van der Waals surface area contributed by atoms with Crippen molar-refractivity contribution in [1.29, 1.82) is 0 Å². The molecule has 1 aliphatic rings. The summed E-state index contributed by atoms with van der Waals surface area (Å²) >= 11 is 3.32. The Morgan fingerprint density at radius 2 is 1.57 bits per heavy atom. The predicted molar refractivity (Wildman–Crippen MR) is 113 cm³/mol. The molecule has 0 aliphatic carbocycles. The number of hydrogen-bond donors (Lipinski definition) is 1. The van der Waals surface area contributed by atoms with Gasteiger partial charge in [0.05, 0.1) is 5.69 Å². The largest absolute Gasteiger partial charge is 0.372 e. The summed E-state index contributed by atoms with van der Waals surface area (Å²) in [6.45, 7) is 5.94. The van der Waals surface area contributed by atoms with Gasteiger partial charge in [0.2, 0.25) is 0 Å². The van der Waals surface area contributed by atoms with Crippen LogP contribution in [0.1, 0.15) is 19.4 Å². The van der Waals surface area contributed by atoms with Crippen LogP contribution in [-0.4, -0.2) is 30.9 Å². The number of amides is 4. The van der Waals surface area contributed by atoms with Crippen LogP contribution in [0.5, 0.6) is 0 Å². The number of carbonyl (C=O) groups excluding carboxylic acids is 3. The van der Waals surface area contributed by atoms with Crippen molar-refractivity contribution in [3.8, 4) is 0 Å². The molecule has 2 aromatic carbocycles. The lowest BCUT2D eigenvalue weighted by atomic mass is 10.1. The van der Waals surface area contributed by atoms with E-state index in [0.29, 0.717) is 11.3 Å². The standard InChI is InChI=1S/C21H20BrN3O3/c1-3-24(4-2)16-9-5-14(6-10-16)13-18-19(26)23-21(28)25(20(18)27)17-11-7-15(22)8-12-17/h5-13H,3-4H2,1-2H3,(H,23,26,28). The van der Waals surface area contributed by atoms with Gasteiger partial charge in [-0.05, 0) is 61.9 Å². The fourth-order valence-electron chi connectivity index (χ4n) is 3.02. The van der Waals surface area contributed by atoms with Crippen LogP contribution in [0.15, 0.2) is 58.6 Å². The molecule has 0 saturated carbocycles. The predicted octanol–water partition coefficient (Wildman–Crippen LogP) is 3.96. The number of nitrogens with one attached hydrogen (secondary N) is 1. The second-order valence-electron chi connectivity index (χ2n) is 6.20. The molecule has 1 saturated heterocycles. The quantitative estimate of drug-likeness (QED) is 0.562. The first-order chi connectivity index (χ1) is 13.4. The van der Waals surface area contributed by atoms with E-state index in [0.717, 1.165) is 28.1 Å². The number of nitrogens with zero attached hydrogens (tertiary/aromatic N) is 2. The maximum absolute atomic E-state index is 12.9. The smallest absolute Gasteiger partial charge is 0.335 e. The van der Waals surface area contributed by atoms with E-state index in [9.17, 15) is 14.4 Å². The Morgan fingerprint density at radius 3 is 2.14 bits per heavy atom. The van der Waals surface area contributed by atoms with E-state index in [1.165, 1.54) is 6.08 Å². The molecule has 1 N–H and O–H groups in total. The minimum absolute atomic E-state index is 0.0851. The molecule has 7 heteroatoms. The van der Waals surface area contributed by atoms with Crippen molar-refractivity contribution in [2.24, 2.45) is 0 Å². The lowest BCUT2D eigenvalue weighted by Crippen LogP contribution is -2.54. The lowest BCUT2D eigenvalue weighted by molar-refractivity contribution is -0.122. The molecule has 0 spiro atoms. The van der Waals surface area contributed by atoms with Crippen LogP contribution in [0.3, 0.4) is 0 Å². The number of rotatable bonds is 5. The van der Waals surface area contributed by atoms with Crippen molar-refractivity contribution in [2.45, 2.75) is 13.8 Å². The number of hydrogen-bond acceptors (Lipinski definition) is 4. The van der Waals surface area contributed by atoms with Crippen LogP contribution in [0, 0.1) is 0 Å². The molecule has 0 aromatic heterocycles. The number of anilines is 2. The Bertz CT molecular complexity index is 932. The van der Waals surface area contributed by atoms with Crippen LogP contribution < -0.4 is 15.1 Å². The van der Waals surface area contributed by atoms with Gasteiger partial charge in [-0.25, -0.2) is 9.69 Å². The molecule has 28 heavy (non-hydrogen) atoms. The van der Waals surface area contributed by atoms with Gasteiger partial charge >= 0.3 is 6.03 Å². The van der Waals surface area contributed by atoms with Gasteiger partial charge in [0.25, 0.3) is 11.8 Å². The average Bonchev–Trinajstić information content (AvgIpc) is 2.68. The molecule has 6 nitrogen and oxygen atoms in total. The zero-order chi connectivity index (χ0) is 20.3. The number of carbonyl (C=O) groups is 3. The summed E-state index contributed by atoms with van der Waals surface area (Å²) in [6.07, 6.45) is 1.50. The second kappa shape index (κ2) is 8.39. The maximum Gasteiger partial charge on any atom is 0.335 e. The first-order valence-corrected chi connectivity index (χ1v) is 9.76. The summed E-state index contributed by atoms with van der Waals surface area (Å²) in [4.78, 5) is 40.5. The van der Waals surface area contributed by atoms with Crippen molar-refractivity contribution in [3.05, 3.63) is 64.1 Å². The highest BCUT2D eigenvalue weighted by molar-refractivity contribution is 9.10. The Labute approximate surface area is 171 Å². The first kappa shape index (κ1) is 19.8. The third kappa shape index (κ3) is 3.99. The summed E-state index contributed by atoms with van der Waals surface area (Å²) in [6, 6.07) is 13.5. The minimum Gasteiger partial charge on any atom is -0.372 e. The third-order valence-corrected chi connectivity index (χ3v) is 5.05. The van der Waals surface area contributed by atoms with Crippen LogP contribution in [0.2, 0.25) is 0 Å². The molecule has 0 atom stereocenters. The van der Waals surface area contributed by atoms with Gasteiger partial charge in [-0.15, -0.1) is 0 Å². The summed E-state index contributed by atoms with van der Waals surface area (Å²) < 4.78 is 0.821. The highest BCUT2D eigenvalue weighted by atomic mass is 79.9. The molecule has 144 valence electrons. The Hall–Kier alpha value is -2.93. The topological polar surface area (TPSA) is 69.7 Å². The molecule has 2 aromatic rings. The molecule has 4 amide bonds. The van der Waals surface area contributed by atoms with Gasteiger partial charge in [0.15, 0.2) is 0 Å². The van der Waals surface area contributed by atoms with E-state index in [4.69, 9.17) is 0 Å². The normalized spacial score (nSPS) is 15.8. The fourth-order valence-corrected chi connectivity index (χ4v) is 3.28. The van der Waals surface area contributed by atoms with E-state index >= 15 is 0 Å². The fraction of sp³-hybridized carbons (Fsp3) is 0.190. The third-order valence-electron chi connectivity index (χ3n) is 4.52. The van der Waals surface area contributed by atoms with Crippen molar-refractivity contribution in [3.63, 3.8) is 0 Å². The molecule has 0 unspecified atom stereocenters. The molecule has 0 bridgehead atoms. The SMILES string of the molecule is CCN(CC)c1ccc(C=C2C(=O)NC(=O)N(c3ccc(Br)cc3)C2=O)cc1. The number of imide groups is 2. The second-order valence-corrected chi connectivity index (χ2v) is 7.11. The molecular weight excluding hydrogens is 422 g/mol. The Kier molecular flexibility index (Phi) is 5.94. The van der Waals surface area contributed by atoms with E-state index in [1.54, 1.807) is 24.3 Å². The zero-order valence-electron chi connectivity index (χ0n) is 15.6. The summed E-state index contributed by atoms with van der Waals surface area (Å²) in [7, 11) is 0. The van der Waals surface area contributed by atoms with Crippen LogP contribution in [-0.2, 0) is 9.59 Å². The van der Waals surface area contributed by atoms with Gasteiger partial charge in [-0.2, -0.15) is 0 Å². The van der Waals surface area contributed by atoms with Crippen molar-refractivity contribution >= 4 is 51.2 Å². The highest BCUT2D eigenvalue weighted by Crippen LogP contribution is 2.24. The molecular formula is C21H20BrN3O3. The summed E-state index contributed by atoms with van der Waals surface area (Å²) in [5.41, 5.74) is 2.08. The average molecular weight is 442 g/mol. The monoisotopic (exact) mass is 441 g/mol. The lowest BCUT2D eigenvalue weighted by Gasteiger charge is -2.26. The maximum atomic E-state index is 12.9. The van der Waals surface area contributed by atoms with E-state index in [-0.39, 0.29) is 5.57 Å². The molecule has 1 heterocycles. The Balaban J connectivity index is 1.91. The van der Waals surface area contributed by atoms with Gasteiger partial charge < -0.3 is 4.90 Å². The van der Waals surface area contributed by atoms with E-state index in [2.05, 4.69) is 40.0 Å². The minimum atomic E-state index is -0.758. The number of urea groups is 1. The summed E-state index contributed by atoms with van der Waals surface area (Å²) in [5.74, 6) is -1.35. The highest BCUT2D eigenvalue weighted by Gasteiger charge is 2.36. The molecule has 3 rings (SSSR count). The number of halogens is 1. The van der Waals surface area contributed by atoms with E-state index in [1.807, 2.05) is 24.3 Å². The van der Waals surface area contributed by atoms with Gasteiger partial charge in [-0.1, -0.05) is 28.1 Å². The van der Waals surface area contributed by atoms with Crippen molar-refractivity contribution in [2.75, 3.05) is 22.9 Å². The number of barbiturate groups is 1. The van der Waals surface area contributed by atoms with Crippen LogP contribution in [0.4, 0.5) is 16.2 Å². The van der Waals surface area contributed by atoms with E-state index < -0.39 is 17.8 Å². The van der Waals surface area contributed by atoms with Gasteiger partial charge in [-0.3, -0.25) is 14.9 Å². The van der Waals surface area contributed by atoms with Crippen molar-refractivity contribution < 1.29 is 14.4 Å². The van der Waals surface area contributed by atoms with Crippen LogP contribution >= 0.6 is 15.9 Å². The number of benzene rings is 2. The van der Waals surface area contributed by atoms with Crippen LogP contribution in [0.25, 0.3) is 6.08 Å². The van der Waals surface area contributed by atoms with Gasteiger partial charge in [0.1, 0.15) is 5.57 Å². The first-order valence-electron chi connectivity index (χ1n) is 8.96. The molecule has 0 radical (unpaired) electrons. The molecule has 1 fully saturated rings. The van der Waals surface area contributed by atoms with Crippen molar-refractivity contribution in [1.82, 2.24) is 5.32 Å². The Morgan fingerprint density at radius 1 is 0.964 bits per heavy atom. The summed E-state index contributed by atoms with van der Waals surface area (Å²) in [5, 5.41) is 2.23. The molecule has 1 aliphatic heterocycles. The zero-order valence-corrected chi connectivity index (χ0v) is 17.2.